The van der Waals surface area contributed by atoms with Gasteiger partial charge in [0.05, 0.1) is 12.6 Å². The Balaban J connectivity index is 1.50. The summed E-state index contributed by atoms with van der Waals surface area (Å²) in [5.74, 6) is 0. The van der Waals surface area contributed by atoms with E-state index in [0.717, 1.165) is 42.4 Å². The average molecular weight is 363 g/mol. The first-order valence-corrected chi connectivity index (χ1v) is 9.64. The number of rotatable bonds is 4. The number of ether oxygens (including phenoxy) is 1. The predicted octanol–water partition coefficient (Wildman–Crippen LogP) is 4.53. The van der Waals surface area contributed by atoms with Crippen LogP contribution in [0.1, 0.15) is 42.4 Å². The van der Waals surface area contributed by atoms with Crippen molar-refractivity contribution in [1.29, 1.82) is 0 Å². The van der Waals surface area contributed by atoms with Crippen molar-refractivity contribution < 1.29 is 14.6 Å². The molecule has 0 saturated carbocycles. The molecule has 1 fully saturated rings. The summed E-state index contributed by atoms with van der Waals surface area (Å²) in [6.45, 7) is 0.358. The van der Waals surface area contributed by atoms with Crippen molar-refractivity contribution >= 4 is 11.7 Å². The fraction of sp³-hybridized carbons (Fsp3) is 0.348. The largest absolute Gasteiger partial charge is 0.445 e. The number of carbonyl (C=O) groups is 1. The van der Waals surface area contributed by atoms with E-state index in [1.54, 1.807) is 0 Å². The Morgan fingerprint density at radius 2 is 1.89 bits per heavy atom. The molecule has 2 aromatic carbocycles. The van der Waals surface area contributed by atoms with E-state index in [0.29, 0.717) is 6.61 Å². The third-order valence-electron chi connectivity index (χ3n) is 5.53. The summed E-state index contributed by atoms with van der Waals surface area (Å²) in [5.41, 5.74) is 4.34. The molecule has 4 nitrogen and oxygen atoms in total. The Hall–Kier alpha value is -2.59. The van der Waals surface area contributed by atoms with Crippen LogP contribution in [0.25, 0.3) is 5.57 Å². The van der Waals surface area contributed by atoms with Crippen LogP contribution in [-0.4, -0.2) is 28.2 Å². The topological polar surface area (TPSA) is 49.8 Å². The van der Waals surface area contributed by atoms with Gasteiger partial charge in [-0.2, -0.15) is 0 Å². The van der Waals surface area contributed by atoms with E-state index in [2.05, 4.69) is 12.1 Å². The molecular formula is C23H25NO3. The molecule has 140 valence electrons. The number of hydrogen-bond donors (Lipinski definition) is 1. The molecule has 1 N–H and O–H groups in total. The van der Waals surface area contributed by atoms with Crippen molar-refractivity contribution in [3.63, 3.8) is 0 Å². The highest BCUT2D eigenvalue weighted by molar-refractivity contribution is 5.74. The molecule has 0 radical (unpaired) electrons. The Labute approximate surface area is 160 Å². The van der Waals surface area contributed by atoms with Gasteiger partial charge in [-0.25, -0.2) is 4.79 Å². The maximum absolute atomic E-state index is 12.8. The lowest BCUT2D eigenvalue weighted by Crippen LogP contribution is -2.51. The Kier molecular flexibility index (Phi) is 5.26. The number of carbonyl (C=O) groups excluding carboxylic acids is 1. The zero-order chi connectivity index (χ0) is 18.6. The number of hydrogen-bond acceptors (Lipinski definition) is 3. The quantitative estimate of drug-likeness (QED) is 0.868. The van der Waals surface area contributed by atoms with Crippen molar-refractivity contribution in [2.45, 2.75) is 51.0 Å². The van der Waals surface area contributed by atoms with E-state index in [4.69, 9.17) is 4.74 Å². The van der Waals surface area contributed by atoms with E-state index in [-0.39, 0.29) is 24.8 Å². The molecule has 0 spiro atoms. The molecule has 2 aliphatic rings. The van der Waals surface area contributed by atoms with Gasteiger partial charge < -0.3 is 9.84 Å². The number of piperidine rings is 1. The van der Waals surface area contributed by atoms with Crippen molar-refractivity contribution in [3.05, 3.63) is 77.4 Å². The summed E-state index contributed by atoms with van der Waals surface area (Å²) in [4.78, 5) is 14.7. The second-order valence-corrected chi connectivity index (χ2v) is 7.35. The molecule has 2 aromatic rings. The van der Waals surface area contributed by atoms with Crippen LogP contribution in [-0.2, 0) is 18.0 Å². The maximum atomic E-state index is 12.8. The number of benzene rings is 2. The Morgan fingerprint density at radius 1 is 1.07 bits per heavy atom. The standard InChI is InChI=1S/C23H25NO3/c25-15-18-8-4-9-19(12-18)20-13-21-10-5-11-22(14-20)24(21)23(26)27-16-17-6-2-1-3-7-17/h1-4,6-9,12-13,21-22,25H,5,10-11,14-16H2. The van der Waals surface area contributed by atoms with Crippen LogP contribution in [0.15, 0.2) is 60.7 Å². The van der Waals surface area contributed by atoms with Gasteiger partial charge in [0.15, 0.2) is 0 Å². The monoisotopic (exact) mass is 363 g/mol. The minimum atomic E-state index is -0.215. The highest BCUT2D eigenvalue weighted by Gasteiger charge is 2.38. The maximum Gasteiger partial charge on any atom is 0.410 e. The summed E-state index contributed by atoms with van der Waals surface area (Å²) in [7, 11) is 0. The van der Waals surface area contributed by atoms with Gasteiger partial charge in [0.2, 0.25) is 0 Å². The fourth-order valence-corrected chi connectivity index (χ4v) is 4.19. The molecule has 2 bridgehead atoms. The van der Waals surface area contributed by atoms with Gasteiger partial charge in [-0.05, 0) is 54.0 Å². The van der Waals surface area contributed by atoms with Crippen LogP contribution in [0.5, 0.6) is 0 Å². The number of amides is 1. The first-order chi connectivity index (χ1) is 13.2. The van der Waals surface area contributed by atoms with Crippen molar-refractivity contribution in [3.8, 4) is 0 Å². The van der Waals surface area contributed by atoms with Gasteiger partial charge in [-0.3, -0.25) is 4.90 Å². The van der Waals surface area contributed by atoms with Gasteiger partial charge in [0.25, 0.3) is 0 Å². The van der Waals surface area contributed by atoms with Gasteiger partial charge in [-0.15, -0.1) is 0 Å². The second kappa shape index (κ2) is 7.97. The van der Waals surface area contributed by atoms with Gasteiger partial charge in [-0.1, -0.05) is 54.6 Å². The first kappa shape index (κ1) is 17.8. The fourth-order valence-electron chi connectivity index (χ4n) is 4.19. The zero-order valence-electron chi connectivity index (χ0n) is 15.4. The van der Waals surface area contributed by atoms with Crippen LogP contribution in [0.4, 0.5) is 4.79 Å². The molecule has 4 heteroatoms. The second-order valence-electron chi connectivity index (χ2n) is 7.35. The van der Waals surface area contributed by atoms with Crippen molar-refractivity contribution in [1.82, 2.24) is 4.90 Å². The summed E-state index contributed by atoms with van der Waals surface area (Å²) < 4.78 is 5.61. The smallest absolute Gasteiger partial charge is 0.410 e. The number of aliphatic hydroxyl groups is 1. The minimum absolute atomic E-state index is 0.0475. The first-order valence-electron chi connectivity index (χ1n) is 9.64. The van der Waals surface area contributed by atoms with Gasteiger partial charge in [0, 0.05) is 6.04 Å². The Morgan fingerprint density at radius 3 is 2.67 bits per heavy atom. The lowest BCUT2D eigenvalue weighted by atomic mass is 9.83. The van der Waals surface area contributed by atoms with E-state index in [9.17, 15) is 9.90 Å². The number of aliphatic hydroxyl groups excluding tert-OH is 1. The molecule has 27 heavy (non-hydrogen) atoms. The van der Waals surface area contributed by atoms with Crippen LogP contribution >= 0.6 is 0 Å². The average Bonchev–Trinajstić information content (AvgIpc) is 2.72. The SMILES string of the molecule is O=C(OCc1ccccc1)N1C2C=C(c3cccc(CO)c3)CC1CCC2. The zero-order valence-corrected chi connectivity index (χ0v) is 15.4. The molecule has 2 unspecified atom stereocenters. The summed E-state index contributed by atoms with van der Waals surface area (Å²) >= 11 is 0. The summed E-state index contributed by atoms with van der Waals surface area (Å²) in [6.07, 6.45) is 5.96. The van der Waals surface area contributed by atoms with E-state index in [1.165, 1.54) is 5.57 Å². The van der Waals surface area contributed by atoms with Crippen LogP contribution in [0.2, 0.25) is 0 Å². The number of fused-ring (bicyclic) bond motifs is 2. The predicted molar refractivity (Wildman–Crippen MR) is 105 cm³/mol. The molecule has 0 aromatic heterocycles. The molecule has 2 atom stereocenters. The van der Waals surface area contributed by atoms with E-state index >= 15 is 0 Å². The van der Waals surface area contributed by atoms with Gasteiger partial charge in [0.1, 0.15) is 6.61 Å². The minimum Gasteiger partial charge on any atom is -0.445 e. The molecule has 2 aliphatic heterocycles. The summed E-state index contributed by atoms with van der Waals surface area (Å²) in [6, 6.07) is 18.1. The molecule has 1 saturated heterocycles. The van der Waals surface area contributed by atoms with E-state index in [1.807, 2.05) is 53.4 Å². The lowest BCUT2D eigenvalue weighted by Gasteiger charge is -2.44. The van der Waals surface area contributed by atoms with Crippen LogP contribution < -0.4 is 0 Å². The lowest BCUT2D eigenvalue weighted by molar-refractivity contribution is 0.0510. The van der Waals surface area contributed by atoms with Crippen molar-refractivity contribution in [2.24, 2.45) is 0 Å². The summed E-state index contributed by atoms with van der Waals surface area (Å²) in [5, 5.41) is 9.40. The molecule has 1 amide bonds. The Bertz CT molecular complexity index is 831. The molecule has 2 heterocycles. The van der Waals surface area contributed by atoms with Crippen LogP contribution in [0, 0.1) is 0 Å². The third-order valence-corrected chi connectivity index (χ3v) is 5.53. The highest BCUT2D eigenvalue weighted by atomic mass is 16.6. The van der Waals surface area contributed by atoms with Gasteiger partial charge >= 0.3 is 6.09 Å². The molecular weight excluding hydrogens is 338 g/mol. The normalized spacial score (nSPS) is 21.5. The third kappa shape index (κ3) is 3.91. The van der Waals surface area contributed by atoms with Crippen molar-refractivity contribution in [2.75, 3.05) is 0 Å². The molecule has 4 rings (SSSR count). The van der Waals surface area contributed by atoms with Crippen LogP contribution in [0.3, 0.4) is 0 Å². The van der Waals surface area contributed by atoms with E-state index < -0.39 is 0 Å². The highest BCUT2D eigenvalue weighted by Crippen LogP contribution is 2.37. The molecule has 0 aliphatic carbocycles. The number of nitrogens with zero attached hydrogens (tertiary/aromatic N) is 1.